The molecule has 6 nitrogen and oxygen atoms in total. The van der Waals surface area contributed by atoms with Gasteiger partial charge in [0.2, 0.25) is 0 Å². The minimum Gasteiger partial charge on any atom is -0.379 e. The van der Waals surface area contributed by atoms with Crippen LogP contribution in [0.2, 0.25) is 0 Å². The molecule has 0 spiro atoms. The van der Waals surface area contributed by atoms with E-state index in [0.717, 1.165) is 17.3 Å². The molecule has 6 heteroatoms. The van der Waals surface area contributed by atoms with Gasteiger partial charge in [0.15, 0.2) is 11.5 Å². The molecule has 0 saturated carbocycles. The van der Waals surface area contributed by atoms with Gasteiger partial charge in [0, 0.05) is 19.1 Å². The van der Waals surface area contributed by atoms with E-state index < -0.39 is 0 Å². The lowest BCUT2D eigenvalue weighted by Gasteiger charge is -2.29. The maximum atomic E-state index is 5.57. The molecule has 2 heterocycles. The first kappa shape index (κ1) is 16.7. The second-order valence-corrected chi connectivity index (χ2v) is 7.73. The van der Waals surface area contributed by atoms with Gasteiger partial charge in [-0.3, -0.25) is 0 Å². The fourth-order valence-corrected chi connectivity index (χ4v) is 2.29. The average Bonchev–Trinajstić information content (AvgIpc) is 2.80. The molecular formula is C16H27N5O. The maximum Gasteiger partial charge on any atom is 0.178 e. The van der Waals surface area contributed by atoms with Crippen LogP contribution >= 0.6 is 0 Å². The van der Waals surface area contributed by atoms with Gasteiger partial charge in [-0.05, 0) is 17.5 Å². The van der Waals surface area contributed by atoms with Gasteiger partial charge >= 0.3 is 0 Å². The summed E-state index contributed by atoms with van der Waals surface area (Å²) >= 11 is 0. The first-order valence-corrected chi connectivity index (χ1v) is 7.62. The van der Waals surface area contributed by atoms with E-state index in [-0.39, 0.29) is 16.9 Å². The number of hydrogen-bond acceptors (Lipinski definition) is 5. The molecule has 0 aliphatic carbocycles. The fraction of sp³-hybridized carbons (Fsp3) is 0.688. The molecule has 0 fully saturated rings. The Morgan fingerprint density at radius 3 is 2.36 bits per heavy atom. The minimum atomic E-state index is -0.106. The number of anilines is 1. The summed E-state index contributed by atoms with van der Waals surface area (Å²) in [5.41, 5.74) is 0.722. The van der Waals surface area contributed by atoms with Crippen LogP contribution < -0.4 is 5.32 Å². The molecular weight excluding hydrogens is 278 g/mol. The van der Waals surface area contributed by atoms with Gasteiger partial charge in [0.25, 0.3) is 0 Å². The Morgan fingerprint density at radius 1 is 1.14 bits per heavy atom. The van der Waals surface area contributed by atoms with Crippen molar-refractivity contribution >= 4 is 11.5 Å². The van der Waals surface area contributed by atoms with Gasteiger partial charge in [0.05, 0.1) is 6.10 Å². The smallest absolute Gasteiger partial charge is 0.178 e. The van der Waals surface area contributed by atoms with Crippen molar-refractivity contribution in [2.45, 2.75) is 53.1 Å². The van der Waals surface area contributed by atoms with Crippen LogP contribution in [0.3, 0.4) is 0 Å². The molecule has 1 atom stereocenters. The third-order valence-corrected chi connectivity index (χ3v) is 3.65. The Bertz CT molecular complexity index is 636. The van der Waals surface area contributed by atoms with Crippen molar-refractivity contribution in [2.24, 2.45) is 5.41 Å². The number of rotatable bonds is 4. The first-order chi connectivity index (χ1) is 10.1. The van der Waals surface area contributed by atoms with Crippen molar-refractivity contribution in [2.75, 3.05) is 19.0 Å². The minimum absolute atomic E-state index is 0.0684. The van der Waals surface area contributed by atoms with Crippen molar-refractivity contribution < 1.29 is 4.74 Å². The highest BCUT2D eigenvalue weighted by Crippen LogP contribution is 2.23. The summed E-state index contributed by atoms with van der Waals surface area (Å²) in [7, 11) is 1.74. The van der Waals surface area contributed by atoms with Gasteiger partial charge in [-0.25, -0.2) is 0 Å². The second kappa shape index (κ2) is 5.83. The maximum absolute atomic E-state index is 5.57. The Labute approximate surface area is 132 Å². The summed E-state index contributed by atoms with van der Waals surface area (Å²) in [6.45, 7) is 13.5. The predicted octanol–water partition coefficient (Wildman–Crippen LogP) is 2.89. The van der Waals surface area contributed by atoms with Crippen molar-refractivity contribution in [1.29, 1.82) is 0 Å². The Morgan fingerprint density at radius 2 is 1.82 bits per heavy atom. The number of ether oxygens (including phenoxy) is 1. The van der Waals surface area contributed by atoms with E-state index >= 15 is 0 Å². The summed E-state index contributed by atoms with van der Waals surface area (Å²) in [4.78, 5) is 0. The van der Waals surface area contributed by atoms with Crippen LogP contribution in [0.1, 0.15) is 47.4 Å². The number of aromatic nitrogens is 4. The third kappa shape index (κ3) is 3.55. The molecule has 0 bridgehead atoms. The summed E-state index contributed by atoms with van der Waals surface area (Å²) in [5.74, 6) is 1.65. The highest BCUT2D eigenvalue weighted by atomic mass is 16.5. The van der Waals surface area contributed by atoms with E-state index in [4.69, 9.17) is 4.74 Å². The van der Waals surface area contributed by atoms with Gasteiger partial charge < -0.3 is 10.1 Å². The number of fused-ring (bicyclic) bond motifs is 1. The van der Waals surface area contributed by atoms with Crippen LogP contribution in [-0.4, -0.2) is 39.6 Å². The summed E-state index contributed by atoms with van der Waals surface area (Å²) in [5, 5.41) is 16.4. The molecule has 22 heavy (non-hydrogen) atoms. The molecule has 1 N–H and O–H groups in total. The summed E-state index contributed by atoms with van der Waals surface area (Å²) in [6.07, 6.45) is 0.105. The number of hydrogen-bond donors (Lipinski definition) is 1. The molecule has 0 saturated heterocycles. The first-order valence-electron chi connectivity index (χ1n) is 7.62. The van der Waals surface area contributed by atoms with Crippen LogP contribution in [0, 0.1) is 5.41 Å². The molecule has 2 aromatic heterocycles. The van der Waals surface area contributed by atoms with Gasteiger partial charge in [-0.1, -0.05) is 41.5 Å². The molecule has 0 radical (unpaired) electrons. The lowest BCUT2D eigenvalue weighted by atomic mass is 9.89. The van der Waals surface area contributed by atoms with Crippen molar-refractivity contribution in [3.63, 3.8) is 0 Å². The van der Waals surface area contributed by atoms with Crippen LogP contribution in [-0.2, 0) is 10.2 Å². The van der Waals surface area contributed by atoms with E-state index in [0.29, 0.717) is 6.54 Å². The summed E-state index contributed by atoms with van der Waals surface area (Å²) in [6, 6.07) is 3.85. The zero-order chi connectivity index (χ0) is 16.5. The molecule has 0 aliphatic rings. The Balaban J connectivity index is 2.22. The van der Waals surface area contributed by atoms with E-state index in [1.54, 1.807) is 11.6 Å². The van der Waals surface area contributed by atoms with Crippen LogP contribution in [0.5, 0.6) is 0 Å². The monoisotopic (exact) mass is 305 g/mol. The molecule has 0 aliphatic heterocycles. The second-order valence-electron chi connectivity index (χ2n) is 7.73. The van der Waals surface area contributed by atoms with Gasteiger partial charge in [0.1, 0.15) is 5.82 Å². The highest BCUT2D eigenvalue weighted by Gasteiger charge is 2.25. The number of methoxy groups -OCH3 is 1. The lowest BCUT2D eigenvalue weighted by molar-refractivity contribution is 0.0268. The predicted molar refractivity (Wildman–Crippen MR) is 88.2 cm³/mol. The van der Waals surface area contributed by atoms with E-state index in [2.05, 4.69) is 62.2 Å². The normalized spacial score (nSPS) is 14.3. The Kier molecular flexibility index (Phi) is 4.42. The van der Waals surface area contributed by atoms with E-state index in [1.165, 1.54) is 0 Å². The molecule has 122 valence electrons. The molecule has 0 aromatic carbocycles. The zero-order valence-electron chi connectivity index (χ0n) is 14.6. The Hall–Kier alpha value is -1.69. The SMILES string of the molecule is COC(CNc1ccc2nnc(C(C)(C)C)n2n1)C(C)(C)C. The van der Waals surface area contributed by atoms with E-state index in [9.17, 15) is 0 Å². The van der Waals surface area contributed by atoms with Crippen molar-refractivity contribution in [1.82, 2.24) is 19.8 Å². The van der Waals surface area contributed by atoms with Gasteiger partial charge in [-0.2, -0.15) is 4.52 Å². The van der Waals surface area contributed by atoms with Crippen LogP contribution in [0.15, 0.2) is 12.1 Å². The fourth-order valence-electron chi connectivity index (χ4n) is 2.29. The van der Waals surface area contributed by atoms with Crippen LogP contribution in [0.25, 0.3) is 5.65 Å². The molecule has 0 amide bonds. The lowest BCUT2D eigenvalue weighted by Crippen LogP contribution is -2.35. The standard InChI is InChI=1S/C16H27N5O/c1-15(2,3)11(22-7)10-17-12-8-9-13-18-19-14(16(4,5)6)21(13)20-12/h8-9,11H,10H2,1-7H3,(H,17,20). The zero-order valence-corrected chi connectivity index (χ0v) is 14.6. The number of nitrogens with zero attached hydrogens (tertiary/aromatic N) is 4. The molecule has 1 unspecified atom stereocenters. The third-order valence-electron chi connectivity index (χ3n) is 3.65. The van der Waals surface area contributed by atoms with E-state index in [1.807, 2.05) is 12.1 Å². The van der Waals surface area contributed by atoms with Crippen molar-refractivity contribution in [3.05, 3.63) is 18.0 Å². The average molecular weight is 305 g/mol. The topological polar surface area (TPSA) is 64.3 Å². The largest absolute Gasteiger partial charge is 0.379 e. The molecule has 2 aromatic rings. The number of nitrogens with one attached hydrogen (secondary N) is 1. The quantitative estimate of drug-likeness (QED) is 0.941. The van der Waals surface area contributed by atoms with Crippen LogP contribution in [0.4, 0.5) is 5.82 Å². The van der Waals surface area contributed by atoms with Crippen molar-refractivity contribution in [3.8, 4) is 0 Å². The molecule has 2 rings (SSSR count). The van der Waals surface area contributed by atoms with Gasteiger partial charge in [-0.15, -0.1) is 15.3 Å². The summed E-state index contributed by atoms with van der Waals surface area (Å²) < 4.78 is 7.37. The highest BCUT2D eigenvalue weighted by molar-refractivity contribution is 5.44.